The van der Waals surface area contributed by atoms with Crippen LogP contribution in [0.5, 0.6) is 0 Å². The molecule has 0 radical (unpaired) electrons. The van der Waals surface area contributed by atoms with Gasteiger partial charge in [-0.1, -0.05) is 5.16 Å². The lowest BCUT2D eigenvalue weighted by atomic mass is 9.96. The van der Waals surface area contributed by atoms with Gasteiger partial charge in [0.05, 0.1) is 0 Å². The number of carbonyl (C=O) groups is 1. The molecule has 0 unspecified atom stereocenters. The van der Waals surface area contributed by atoms with E-state index < -0.39 is 0 Å². The molecule has 0 spiro atoms. The lowest BCUT2D eigenvalue weighted by Gasteiger charge is -2.35. The number of fused-ring (bicyclic) bond motifs is 1. The van der Waals surface area contributed by atoms with Crippen molar-refractivity contribution in [3.63, 3.8) is 0 Å². The van der Waals surface area contributed by atoms with Crippen LogP contribution in [0, 0.1) is 6.92 Å². The van der Waals surface area contributed by atoms with Crippen LogP contribution in [0.3, 0.4) is 0 Å². The van der Waals surface area contributed by atoms with Gasteiger partial charge in [0.1, 0.15) is 11.6 Å². The van der Waals surface area contributed by atoms with Crippen molar-refractivity contribution in [2.45, 2.75) is 45.4 Å². The first-order valence-corrected chi connectivity index (χ1v) is 10.8. The summed E-state index contributed by atoms with van der Waals surface area (Å²) < 4.78 is 5.43. The molecule has 2 fully saturated rings. The van der Waals surface area contributed by atoms with Crippen LogP contribution in [0.25, 0.3) is 0 Å². The fraction of sp³-hybridized carbons (Fsp3) is 0.619. The first-order valence-electron chi connectivity index (χ1n) is 10.8. The molecule has 4 heterocycles. The molecule has 154 valence electrons. The van der Waals surface area contributed by atoms with Crippen molar-refractivity contribution in [1.82, 2.24) is 20.0 Å². The maximum Gasteiger partial charge on any atom is 0.276 e. The zero-order chi connectivity index (χ0) is 19.8. The monoisotopic (exact) mass is 396 g/mol. The largest absolute Gasteiger partial charge is 0.360 e. The normalized spacial score (nSPS) is 19.6. The molecular weight excluding hydrogens is 368 g/mol. The summed E-state index contributed by atoms with van der Waals surface area (Å²) in [5.41, 5.74) is 2.54. The summed E-state index contributed by atoms with van der Waals surface area (Å²) in [5.74, 6) is 2.70. The molecule has 3 aliphatic rings. The fourth-order valence-electron chi connectivity index (χ4n) is 4.60. The minimum atomic E-state index is -0.000494. The highest BCUT2D eigenvalue weighted by atomic mass is 16.5. The number of amides is 1. The van der Waals surface area contributed by atoms with E-state index >= 15 is 0 Å². The van der Waals surface area contributed by atoms with E-state index in [1.54, 1.807) is 0 Å². The predicted octanol–water partition coefficient (Wildman–Crippen LogP) is 2.21. The summed E-state index contributed by atoms with van der Waals surface area (Å²) in [6.07, 6.45) is 6.47. The number of aryl methyl sites for hydroxylation is 2. The molecule has 2 aromatic rings. The van der Waals surface area contributed by atoms with Crippen LogP contribution < -0.4 is 9.80 Å². The third-order valence-electron chi connectivity index (χ3n) is 6.26. The molecule has 0 bridgehead atoms. The molecule has 0 atom stereocenters. The van der Waals surface area contributed by atoms with Crippen molar-refractivity contribution in [2.24, 2.45) is 0 Å². The number of nitrogens with zero attached hydrogens (tertiary/aromatic N) is 6. The second kappa shape index (κ2) is 7.65. The van der Waals surface area contributed by atoms with Gasteiger partial charge in [-0.3, -0.25) is 4.79 Å². The second-order valence-corrected chi connectivity index (χ2v) is 8.28. The van der Waals surface area contributed by atoms with E-state index in [1.165, 1.54) is 12.8 Å². The summed E-state index contributed by atoms with van der Waals surface area (Å²) in [6, 6.07) is 2.07. The minimum absolute atomic E-state index is 0.000494. The number of piperazine rings is 1. The lowest BCUT2D eigenvalue weighted by Crippen LogP contribution is -2.49. The average molecular weight is 396 g/mol. The van der Waals surface area contributed by atoms with Gasteiger partial charge < -0.3 is 19.2 Å². The van der Waals surface area contributed by atoms with E-state index in [1.807, 2.05) is 11.8 Å². The van der Waals surface area contributed by atoms with E-state index in [-0.39, 0.29) is 5.91 Å². The van der Waals surface area contributed by atoms with E-state index in [4.69, 9.17) is 9.51 Å². The molecule has 2 aliphatic heterocycles. The van der Waals surface area contributed by atoms with E-state index in [0.717, 1.165) is 80.6 Å². The number of rotatable bonds is 3. The molecule has 1 aliphatic carbocycles. The van der Waals surface area contributed by atoms with Gasteiger partial charge in [0.2, 0.25) is 5.95 Å². The Kier molecular flexibility index (Phi) is 4.85. The molecule has 0 saturated carbocycles. The lowest BCUT2D eigenvalue weighted by molar-refractivity contribution is 0.0734. The maximum atomic E-state index is 13.0. The van der Waals surface area contributed by atoms with Crippen molar-refractivity contribution in [3.05, 3.63) is 28.8 Å². The summed E-state index contributed by atoms with van der Waals surface area (Å²) in [6.45, 7) is 6.93. The molecule has 0 N–H and O–H groups in total. The van der Waals surface area contributed by atoms with Gasteiger partial charge in [-0.2, -0.15) is 4.98 Å². The topological polar surface area (TPSA) is 78.6 Å². The maximum absolute atomic E-state index is 13.0. The molecule has 2 aromatic heterocycles. The van der Waals surface area contributed by atoms with Gasteiger partial charge in [-0.15, -0.1) is 0 Å². The Labute approximate surface area is 170 Å². The Morgan fingerprint density at radius 1 is 0.931 bits per heavy atom. The Hall–Kier alpha value is -2.64. The van der Waals surface area contributed by atoms with Crippen molar-refractivity contribution >= 4 is 17.7 Å². The third-order valence-corrected chi connectivity index (χ3v) is 6.26. The average Bonchev–Trinajstić information content (AvgIpc) is 3.43. The number of carbonyl (C=O) groups excluding carboxylic acids is 1. The van der Waals surface area contributed by atoms with Crippen molar-refractivity contribution in [3.8, 4) is 0 Å². The highest BCUT2D eigenvalue weighted by Gasteiger charge is 2.30. The Morgan fingerprint density at radius 3 is 2.48 bits per heavy atom. The van der Waals surface area contributed by atoms with Crippen molar-refractivity contribution in [1.29, 1.82) is 0 Å². The van der Waals surface area contributed by atoms with Crippen LogP contribution in [-0.2, 0) is 12.8 Å². The molecule has 5 rings (SSSR count). The third kappa shape index (κ3) is 3.56. The number of hydrogen-bond donors (Lipinski definition) is 0. The molecule has 2 saturated heterocycles. The smallest absolute Gasteiger partial charge is 0.276 e. The molecule has 29 heavy (non-hydrogen) atoms. The van der Waals surface area contributed by atoms with Gasteiger partial charge in [0.25, 0.3) is 5.91 Å². The van der Waals surface area contributed by atoms with Gasteiger partial charge in [0, 0.05) is 63.0 Å². The van der Waals surface area contributed by atoms with Crippen molar-refractivity contribution in [2.75, 3.05) is 49.1 Å². The zero-order valence-electron chi connectivity index (χ0n) is 17.1. The molecule has 1 amide bonds. The van der Waals surface area contributed by atoms with Gasteiger partial charge in [-0.25, -0.2) is 4.98 Å². The van der Waals surface area contributed by atoms with E-state index in [0.29, 0.717) is 18.8 Å². The fourth-order valence-corrected chi connectivity index (χ4v) is 4.60. The van der Waals surface area contributed by atoms with Crippen LogP contribution in [0.4, 0.5) is 11.8 Å². The van der Waals surface area contributed by atoms with Gasteiger partial charge in [-0.05, 0) is 39.0 Å². The highest BCUT2D eigenvalue weighted by molar-refractivity contribution is 5.94. The SMILES string of the molecule is Cc1cc(N2CCCC2)nc(N2CCN(C(=O)c3noc4c3CCCC4)CC2)n1. The molecule has 8 nitrogen and oxygen atoms in total. The zero-order valence-corrected chi connectivity index (χ0v) is 17.1. The van der Waals surface area contributed by atoms with Crippen LogP contribution in [0.15, 0.2) is 10.6 Å². The van der Waals surface area contributed by atoms with Gasteiger partial charge >= 0.3 is 0 Å². The number of anilines is 2. The van der Waals surface area contributed by atoms with E-state index in [2.05, 4.69) is 26.0 Å². The first-order chi connectivity index (χ1) is 14.2. The van der Waals surface area contributed by atoms with Gasteiger partial charge in [0.15, 0.2) is 5.69 Å². The molecule has 0 aromatic carbocycles. The number of hydrogen-bond acceptors (Lipinski definition) is 7. The Balaban J connectivity index is 1.27. The quantitative estimate of drug-likeness (QED) is 0.787. The van der Waals surface area contributed by atoms with E-state index in [9.17, 15) is 4.79 Å². The summed E-state index contributed by atoms with van der Waals surface area (Å²) >= 11 is 0. The molecular formula is C21H28N6O2. The highest BCUT2D eigenvalue weighted by Crippen LogP contribution is 2.26. The van der Waals surface area contributed by atoms with Crippen molar-refractivity contribution < 1.29 is 9.32 Å². The molecule has 8 heteroatoms. The van der Waals surface area contributed by atoms with Crippen LogP contribution in [0.1, 0.15) is 53.2 Å². The summed E-state index contributed by atoms with van der Waals surface area (Å²) in [7, 11) is 0. The Bertz CT molecular complexity index is 897. The minimum Gasteiger partial charge on any atom is -0.360 e. The number of aromatic nitrogens is 3. The Morgan fingerprint density at radius 2 is 1.69 bits per heavy atom. The second-order valence-electron chi connectivity index (χ2n) is 8.28. The van der Waals surface area contributed by atoms with Crippen LogP contribution in [0.2, 0.25) is 0 Å². The summed E-state index contributed by atoms with van der Waals surface area (Å²) in [5, 5.41) is 4.11. The first kappa shape index (κ1) is 18.4. The summed E-state index contributed by atoms with van der Waals surface area (Å²) in [4.78, 5) is 28.9. The van der Waals surface area contributed by atoms with Crippen LogP contribution >= 0.6 is 0 Å². The standard InChI is InChI=1S/C21H28N6O2/c1-15-14-18(25-8-4-5-9-25)23-21(22-15)27-12-10-26(11-13-27)20(28)19-16-6-2-3-7-17(16)29-24-19/h14H,2-13H2,1H3. The predicted molar refractivity (Wildman–Crippen MR) is 109 cm³/mol. The van der Waals surface area contributed by atoms with Crippen LogP contribution in [-0.4, -0.2) is 65.2 Å².